The molecule has 0 saturated heterocycles. The first-order chi connectivity index (χ1) is 8.56. The maximum absolute atomic E-state index is 10.6. The van der Waals surface area contributed by atoms with Crippen molar-refractivity contribution in [2.75, 3.05) is 5.75 Å². The van der Waals surface area contributed by atoms with E-state index in [0.29, 0.717) is 0 Å². The van der Waals surface area contributed by atoms with Gasteiger partial charge in [-0.3, -0.25) is 0 Å². The summed E-state index contributed by atoms with van der Waals surface area (Å²) >= 11 is 4.48. The first-order valence-corrected chi connectivity index (χ1v) is 6.97. The van der Waals surface area contributed by atoms with Crippen molar-refractivity contribution in [1.29, 1.82) is 0 Å². The van der Waals surface area contributed by atoms with E-state index in [4.69, 9.17) is 0 Å². The van der Waals surface area contributed by atoms with Gasteiger partial charge in [0.15, 0.2) is 0 Å². The average Bonchev–Trinajstić information content (AvgIpc) is 2.78. The lowest BCUT2D eigenvalue weighted by atomic mass is 9.81. The molecule has 0 aliphatic carbocycles. The fourth-order valence-electron chi connectivity index (χ4n) is 2.47. The molecule has 1 rings (SSSR count). The van der Waals surface area contributed by atoms with Crippen LogP contribution in [0.3, 0.4) is 0 Å². The van der Waals surface area contributed by atoms with Gasteiger partial charge in [0.25, 0.3) is 0 Å². The minimum absolute atomic E-state index is 0.0870. The van der Waals surface area contributed by atoms with Crippen molar-refractivity contribution in [3.05, 3.63) is 22.6 Å². The smallest absolute Gasteiger partial charge is 0.358 e. The molecule has 1 aromatic heterocycles. The first kappa shape index (κ1) is 15.0. The highest BCUT2D eigenvalue weighted by Crippen LogP contribution is 2.33. The van der Waals surface area contributed by atoms with Crippen LogP contribution in [0.4, 0.5) is 5.82 Å². The van der Waals surface area contributed by atoms with E-state index in [2.05, 4.69) is 31.5 Å². The molecule has 0 radical (unpaired) electrons. The Balaban J connectivity index is 2.83. The molecule has 0 aromatic carbocycles. The van der Waals surface area contributed by atoms with Gasteiger partial charge in [0.2, 0.25) is 6.33 Å². The molecular formula is C12H21N3O2S. The number of hydrogen-bond donors (Lipinski definition) is 1. The second-order valence-electron chi connectivity index (χ2n) is 4.82. The number of nitro groups is 1. The Kier molecular flexibility index (Phi) is 5.65. The molecule has 0 unspecified atom stereocenters. The van der Waals surface area contributed by atoms with E-state index in [-0.39, 0.29) is 11.2 Å². The second kappa shape index (κ2) is 6.78. The zero-order valence-corrected chi connectivity index (χ0v) is 11.9. The van der Waals surface area contributed by atoms with Gasteiger partial charge in [-0.15, -0.1) is 0 Å². The molecular weight excluding hydrogens is 250 g/mol. The zero-order chi connectivity index (χ0) is 13.6. The number of thiol groups is 1. The van der Waals surface area contributed by atoms with Gasteiger partial charge in [-0.2, -0.15) is 12.6 Å². The largest absolute Gasteiger partial charge is 0.381 e. The second-order valence-corrected chi connectivity index (χ2v) is 5.14. The van der Waals surface area contributed by atoms with Gasteiger partial charge in [0, 0.05) is 6.54 Å². The molecule has 5 nitrogen and oxygen atoms in total. The molecule has 0 fully saturated rings. The zero-order valence-electron chi connectivity index (χ0n) is 11.0. The predicted octanol–water partition coefficient (Wildman–Crippen LogP) is 3.31. The van der Waals surface area contributed by atoms with E-state index < -0.39 is 4.92 Å². The van der Waals surface area contributed by atoms with E-state index >= 15 is 0 Å². The number of hydrogen-bond acceptors (Lipinski definition) is 4. The van der Waals surface area contributed by atoms with Crippen LogP contribution in [0.5, 0.6) is 0 Å². The number of rotatable bonds is 8. The van der Waals surface area contributed by atoms with Crippen molar-refractivity contribution in [3.8, 4) is 0 Å². The highest BCUT2D eigenvalue weighted by Gasteiger charge is 2.28. The summed E-state index contributed by atoms with van der Waals surface area (Å²) in [6, 6.07) is 0. The molecule has 1 heterocycles. The lowest BCUT2D eigenvalue weighted by molar-refractivity contribution is -0.389. The lowest BCUT2D eigenvalue weighted by Gasteiger charge is -2.31. The van der Waals surface area contributed by atoms with E-state index in [0.717, 1.165) is 38.0 Å². The molecule has 0 N–H and O–H groups in total. The topological polar surface area (TPSA) is 61.0 Å². The van der Waals surface area contributed by atoms with E-state index in [1.807, 2.05) is 4.57 Å². The summed E-state index contributed by atoms with van der Waals surface area (Å²) in [5.74, 6) is 0.705. The first-order valence-electron chi connectivity index (χ1n) is 6.34. The fourth-order valence-corrected chi connectivity index (χ4v) is 2.88. The third-order valence-electron chi connectivity index (χ3n) is 3.22. The molecule has 6 heteroatoms. The monoisotopic (exact) mass is 271 g/mol. The number of aromatic nitrogens is 2. The van der Waals surface area contributed by atoms with E-state index in [1.165, 1.54) is 6.20 Å². The van der Waals surface area contributed by atoms with Gasteiger partial charge in [-0.1, -0.05) is 26.7 Å². The lowest BCUT2D eigenvalue weighted by Crippen LogP contribution is -2.28. The van der Waals surface area contributed by atoms with Crippen LogP contribution in [-0.4, -0.2) is 20.2 Å². The van der Waals surface area contributed by atoms with Crippen LogP contribution in [0.1, 0.15) is 39.5 Å². The minimum atomic E-state index is -0.460. The molecule has 0 aliphatic rings. The van der Waals surface area contributed by atoms with Crippen molar-refractivity contribution in [3.63, 3.8) is 0 Å². The SMILES string of the molecule is CCCC(CS)(CCC)Cn1cnc([N+](=O)[O-])c1. The molecule has 18 heavy (non-hydrogen) atoms. The van der Waals surface area contributed by atoms with E-state index in [1.54, 1.807) is 6.33 Å². The summed E-state index contributed by atoms with van der Waals surface area (Å²) in [6.45, 7) is 5.06. The van der Waals surface area contributed by atoms with Gasteiger partial charge in [-0.25, -0.2) is 0 Å². The van der Waals surface area contributed by atoms with Gasteiger partial charge in [0.05, 0.1) is 0 Å². The number of nitrogens with zero attached hydrogens (tertiary/aromatic N) is 3. The molecule has 1 aromatic rings. The summed E-state index contributed by atoms with van der Waals surface area (Å²) in [5, 5.41) is 10.6. The van der Waals surface area contributed by atoms with Gasteiger partial charge in [-0.05, 0) is 33.9 Å². The highest BCUT2D eigenvalue weighted by molar-refractivity contribution is 7.80. The van der Waals surface area contributed by atoms with Crippen LogP contribution in [0.25, 0.3) is 0 Å². The fraction of sp³-hybridized carbons (Fsp3) is 0.750. The summed E-state index contributed by atoms with van der Waals surface area (Å²) in [4.78, 5) is 13.9. The van der Waals surface area contributed by atoms with E-state index in [9.17, 15) is 10.1 Å². The van der Waals surface area contributed by atoms with Crippen LogP contribution in [0.15, 0.2) is 12.5 Å². The Labute approximate surface area is 113 Å². The Morgan fingerprint density at radius 1 is 1.44 bits per heavy atom. The average molecular weight is 271 g/mol. The molecule has 0 amide bonds. The summed E-state index contributed by atoms with van der Waals surface area (Å²) in [7, 11) is 0. The predicted molar refractivity (Wildman–Crippen MR) is 75.0 cm³/mol. The Bertz CT molecular complexity index is 386. The van der Waals surface area contributed by atoms with Crippen molar-refractivity contribution in [1.82, 2.24) is 9.55 Å². The van der Waals surface area contributed by atoms with Gasteiger partial charge in [0.1, 0.15) is 6.20 Å². The molecule has 0 atom stereocenters. The Hall–Kier alpha value is -1.04. The van der Waals surface area contributed by atoms with Crippen LogP contribution in [-0.2, 0) is 6.54 Å². The highest BCUT2D eigenvalue weighted by atomic mass is 32.1. The van der Waals surface area contributed by atoms with Gasteiger partial charge < -0.3 is 14.7 Å². The summed E-state index contributed by atoms with van der Waals surface area (Å²) < 4.78 is 1.82. The van der Waals surface area contributed by atoms with Crippen molar-refractivity contribution in [2.45, 2.75) is 46.1 Å². The standard InChI is InChI=1S/C12H21N3O2S/c1-3-5-12(9-18,6-4-2)8-14-7-11(13-10-14)15(16)17/h7,10,18H,3-6,8-9H2,1-2H3. The third kappa shape index (κ3) is 3.73. The molecule has 102 valence electrons. The van der Waals surface area contributed by atoms with Crippen molar-refractivity contribution >= 4 is 18.4 Å². The summed E-state index contributed by atoms with van der Waals surface area (Å²) in [6.07, 6.45) is 7.40. The molecule has 0 aliphatic heterocycles. The van der Waals surface area contributed by atoms with Crippen molar-refractivity contribution < 1.29 is 4.92 Å². The molecule has 0 spiro atoms. The third-order valence-corrected chi connectivity index (χ3v) is 3.89. The van der Waals surface area contributed by atoms with Crippen LogP contribution in [0, 0.1) is 15.5 Å². The Morgan fingerprint density at radius 2 is 2.06 bits per heavy atom. The molecule has 0 saturated carbocycles. The quantitative estimate of drug-likeness (QED) is 0.448. The van der Waals surface area contributed by atoms with Crippen LogP contribution >= 0.6 is 12.6 Å². The van der Waals surface area contributed by atoms with Crippen molar-refractivity contribution in [2.24, 2.45) is 5.41 Å². The maximum atomic E-state index is 10.6. The maximum Gasteiger partial charge on any atom is 0.381 e. The normalized spacial score (nSPS) is 11.7. The Morgan fingerprint density at radius 3 is 2.44 bits per heavy atom. The summed E-state index contributed by atoms with van der Waals surface area (Å²) in [5.41, 5.74) is 0.112. The number of imidazole rings is 1. The molecule has 0 bridgehead atoms. The minimum Gasteiger partial charge on any atom is -0.358 e. The van der Waals surface area contributed by atoms with Gasteiger partial charge >= 0.3 is 5.82 Å². The van der Waals surface area contributed by atoms with Crippen LogP contribution < -0.4 is 0 Å². The van der Waals surface area contributed by atoms with Crippen LogP contribution in [0.2, 0.25) is 0 Å².